The Hall–Kier alpha value is -2.27. The van der Waals surface area contributed by atoms with Crippen LogP contribution in [0.1, 0.15) is 31.2 Å². The van der Waals surface area contributed by atoms with Crippen LogP contribution in [-0.2, 0) is 4.79 Å². The Morgan fingerprint density at radius 3 is 2.72 bits per heavy atom. The number of nitrogens with one attached hydrogen (secondary N) is 1. The average molecular weight is 361 g/mol. The van der Waals surface area contributed by atoms with Gasteiger partial charge in [0.25, 0.3) is 5.91 Å². The van der Waals surface area contributed by atoms with Crippen molar-refractivity contribution in [2.24, 2.45) is 0 Å². The number of likely N-dealkylation sites (tertiary alicyclic amines) is 1. The van der Waals surface area contributed by atoms with Crippen molar-refractivity contribution >= 4 is 17.5 Å². The van der Waals surface area contributed by atoms with Gasteiger partial charge in [-0.15, -0.1) is 0 Å². The van der Waals surface area contributed by atoms with E-state index in [9.17, 15) is 9.59 Å². The zero-order chi connectivity index (χ0) is 17.8. The van der Waals surface area contributed by atoms with E-state index >= 15 is 0 Å². The lowest BCUT2D eigenvalue weighted by molar-refractivity contribution is -0.139. The second kappa shape index (κ2) is 7.74. The first kappa shape index (κ1) is 17.5. The van der Waals surface area contributed by atoms with E-state index in [1.165, 1.54) is 0 Å². The van der Waals surface area contributed by atoms with Crippen molar-refractivity contribution in [1.82, 2.24) is 9.88 Å². The lowest BCUT2D eigenvalue weighted by Gasteiger charge is -2.33. The largest absolute Gasteiger partial charge is 0.481 e. The highest BCUT2D eigenvalue weighted by Crippen LogP contribution is 2.27. The van der Waals surface area contributed by atoms with Gasteiger partial charge >= 0.3 is 0 Å². The molecule has 5 nitrogen and oxygen atoms in total. The fraction of sp³-hybridized carbons (Fsp3) is 0.368. The summed E-state index contributed by atoms with van der Waals surface area (Å²) in [5.74, 6) is 0.881. The van der Waals surface area contributed by atoms with Crippen LogP contribution in [0.5, 0.6) is 5.75 Å². The average Bonchev–Trinajstić information content (AvgIpc) is 2.61. The van der Waals surface area contributed by atoms with Gasteiger partial charge < -0.3 is 14.6 Å². The second-order valence-corrected chi connectivity index (χ2v) is 6.74. The molecule has 0 spiro atoms. The summed E-state index contributed by atoms with van der Waals surface area (Å²) in [6.45, 7) is 3.09. The van der Waals surface area contributed by atoms with Crippen LogP contribution in [0.15, 0.2) is 47.4 Å². The van der Waals surface area contributed by atoms with Crippen molar-refractivity contribution in [2.75, 3.05) is 13.1 Å². The molecule has 1 aromatic carbocycles. The molecule has 132 valence electrons. The molecule has 1 N–H and O–H groups in total. The minimum absolute atomic E-state index is 0.0238. The van der Waals surface area contributed by atoms with Crippen LogP contribution < -0.4 is 10.3 Å². The predicted molar refractivity (Wildman–Crippen MR) is 97.2 cm³/mol. The topological polar surface area (TPSA) is 62.4 Å². The van der Waals surface area contributed by atoms with E-state index in [4.69, 9.17) is 16.3 Å². The molecule has 1 atom stereocenters. The van der Waals surface area contributed by atoms with E-state index < -0.39 is 6.10 Å². The van der Waals surface area contributed by atoms with E-state index in [0.717, 1.165) is 18.4 Å². The molecule has 1 aromatic heterocycles. The molecule has 1 amide bonds. The van der Waals surface area contributed by atoms with Crippen molar-refractivity contribution in [3.63, 3.8) is 0 Å². The van der Waals surface area contributed by atoms with Crippen LogP contribution in [0.25, 0.3) is 0 Å². The highest BCUT2D eigenvalue weighted by molar-refractivity contribution is 6.30. The predicted octanol–water partition coefficient (Wildman–Crippen LogP) is 3.20. The van der Waals surface area contributed by atoms with Crippen molar-refractivity contribution in [2.45, 2.75) is 31.8 Å². The number of nitrogens with zero attached hydrogens (tertiary/aromatic N) is 1. The van der Waals surface area contributed by atoms with E-state index in [0.29, 0.717) is 29.8 Å². The fourth-order valence-corrected chi connectivity index (χ4v) is 3.38. The van der Waals surface area contributed by atoms with Gasteiger partial charge in [-0.3, -0.25) is 9.59 Å². The van der Waals surface area contributed by atoms with Gasteiger partial charge in [0.1, 0.15) is 5.75 Å². The quantitative estimate of drug-likeness (QED) is 0.910. The Morgan fingerprint density at radius 1 is 1.28 bits per heavy atom. The third-order valence-electron chi connectivity index (χ3n) is 4.53. The maximum Gasteiger partial charge on any atom is 0.263 e. The summed E-state index contributed by atoms with van der Waals surface area (Å²) in [6, 6.07) is 10.6. The fourth-order valence-electron chi connectivity index (χ4n) is 3.20. The van der Waals surface area contributed by atoms with Gasteiger partial charge in [-0.2, -0.15) is 0 Å². The van der Waals surface area contributed by atoms with E-state index in [-0.39, 0.29) is 11.5 Å². The number of piperidine rings is 1. The van der Waals surface area contributed by atoms with Gasteiger partial charge in [0, 0.05) is 30.4 Å². The Balaban J connectivity index is 1.56. The van der Waals surface area contributed by atoms with Crippen LogP contribution >= 0.6 is 11.6 Å². The first-order valence-corrected chi connectivity index (χ1v) is 8.80. The summed E-state index contributed by atoms with van der Waals surface area (Å²) in [6.07, 6.45) is 2.81. The molecule has 2 heterocycles. The molecule has 25 heavy (non-hydrogen) atoms. The van der Waals surface area contributed by atoms with Crippen LogP contribution in [0.2, 0.25) is 5.02 Å². The summed E-state index contributed by atoms with van der Waals surface area (Å²) in [4.78, 5) is 28.5. The number of halogens is 1. The molecule has 1 aliphatic heterocycles. The number of hydrogen-bond donors (Lipinski definition) is 1. The lowest BCUT2D eigenvalue weighted by Crippen LogP contribution is -2.44. The molecule has 0 aliphatic carbocycles. The van der Waals surface area contributed by atoms with Crippen LogP contribution in [-0.4, -0.2) is 35.0 Å². The molecule has 1 aliphatic rings. The molecular formula is C19H21ClN2O3. The zero-order valence-corrected chi connectivity index (χ0v) is 14.8. The smallest absolute Gasteiger partial charge is 0.263 e. The third kappa shape index (κ3) is 4.42. The lowest BCUT2D eigenvalue weighted by atomic mass is 9.90. The zero-order valence-electron chi connectivity index (χ0n) is 14.1. The number of aromatic amines is 1. The molecule has 0 bridgehead atoms. The number of amides is 1. The summed E-state index contributed by atoms with van der Waals surface area (Å²) in [5.41, 5.74) is 0.957. The number of rotatable bonds is 4. The number of hydrogen-bond acceptors (Lipinski definition) is 3. The van der Waals surface area contributed by atoms with Crippen LogP contribution in [0, 0.1) is 0 Å². The Morgan fingerprint density at radius 2 is 2.04 bits per heavy atom. The molecule has 0 radical (unpaired) electrons. The first-order valence-electron chi connectivity index (χ1n) is 8.42. The number of carbonyl (C=O) groups is 1. The Bertz CT molecular complexity index is 797. The maximum atomic E-state index is 12.6. The van der Waals surface area contributed by atoms with E-state index in [1.54, 1.807) is 43.5 Å². The van der Waals surface area contributed by atoms with Crippen molar-refractivity contribution < 1.29 is 9.53 Å². The Labute approximate surface area is 151 Å². The second-order valence-electron chi connectivity index (χ2n) is 6.30. The molecule has 1 unspecified atom stereocenters. The SMILES string of the molecule is CC(Oc1cccc(Cl)c1)C(=O)N1CCC(c2cc[nH]c(=O)c2)CC1. The normalized spacial score (nSPS) is 16.5. The Kier molecular flexibility index (Phi) is 5.43. The molecule has 6 heteroatoms. The van der Waals surface area contributed by atoms with Crippen molar-refractivity contribution in [1.29, 1.82) is 0 Å². The standard InChI is InChI=1S/C19H21ClN2O3/c1-13(25-17-4-2-3-16(20)12-17)19(24)22-9-6-14(7-10-22)15-5-8-21-18(23)11-15/h2-5,8,11-14H,6-7,9-10H2,1H3,(H,21,23). The first-order chi connectivity index (χ1) is 12.0. The summed E-state index contributed by atoms with van der Waals surface area (Å²) < 4.78 is 5.72. The molecule has 1 fully saturated rings. The monoisotopic (exact) mass is 360 g/mol. The molecule has 1 saturated heterocycles. The molecule has 0 saturated carbocycles. The minimum atomic E-state index is -0.561. The molecular weight excluding hydrogens is 340 g/mol. The number of aromatic nitrogens is 1. The maximum absolute atomic E-state index is 12.6. The molecule has 2 aromatic rings. The van der Waals surface area contributed by atoms with Crippen LogP contribution in [0.3, 0.4) is 0 Å². The third-order valence-corrected chi connectivity index (χ3v) is 4.77. The van der Waals surface area contributed by atoms with E-state index in [1.807, 2.05) is 11.0 Å². The number of ether oxygens (including phenoxy) is 1. The number of H-pyrrole nitrogens is 1. The number of pyridine rings is 1. The highest BCUT2D eigenvalue weighted by Gasteiger charge is 2.27. The van der Waals surface area contributed by atoms with Gasteiger partial charge in [-0.1, -0.05) is 17.7 Å². The summed E-state index contributed by atoms with van der Waals surface area (Å²) in [7, 11) is 0. The van der Waals surface area contributed by atoms with Crippen LogP contribution in [0.4, 0.5) is 0 Å². The number of benzene rings is 1. The number of carbonyl (C=O) groups excluding carboxylic acids is 1. The van der Waals surface area contributed by atoms with Crippen molar-refractivity contribution in [3.05, 3.63) is 63.5 Å². The van der Waals surface area contributed by atoms with Gasteiger partial charge in [0.05, 0.1) is 0 Å². The van der Waals surface area contributed by atoms with Gasteiger partial charge in [0.15, 0.2) is 6.10 Å². The summed E-state index contributed by atoms with van der Waals surface area (Å²) in [5, 5.41) is 0.579. The van der Waals surface area contributed by atoms with Gasteiger partial charge in [-0.05, 0) is 55.5 Å². The van der Waals surface area contributed by atoms with Crippen molar-refractivity contribution in [3.8, 4) is 5.75 Å². The highest BCUT2D eigenvalue weighted by atomic mass is 35.5. The van der Waals surface area contributed by atoms with E-state index in [2.05, 4.69) is 4.98 Å². The molecule has 3 rings (SSSR count). The minimum Gasteiger partial charge on any atom is -0.481 e. The summed E-state index contributed by atoms with van der Waals surface area (Å²) >= 11 is 5.94. The van der Waals surface area contributed by atoms with Gasteiger partial charge in [-0.25, -0.2) is 0 Å². The van der Waals surface area contributed by atoms with Gasteiger partial charge in [0.2, 0.25) is 5.56 Å².